The zero-order valence-electron chi connectivity index (χ0n) is 21.0. The molecule has 0 bridgehead atoms. The van der Waals surface area contributed by atoms with Gasteiger partial charge in [0.05, 0.1) is 5.54 Å². The molecule has 0 radical (unpaired) electrons. The lowest BCUT2D eigenvalue weighted by atomic mass is 9.58. The van der Waals surface area contributed by atoms with Gasteiger partial charge in [0.15, 0.2) is 0 Å². The van der Waals surface area contributed by atoms with Gasteiger partial charge in [-0.15, -0.1) is 0 Å². The van der Waals surface area contributed by atoms with Crippen LogP contribution in [-0.4, -0.2) is 5.54 Å². The van der Waals surface area contributed by atoms with E-state index in [-0.39, 0.29) is 11.0 Å². The van der Waals surface area contributed by atoms with E-state index in [9.17, 15) is 0 Å². The summed E-state index contributed by atoms with van der Waals surface area (Å²) in [5.41, 5.74) is 12.9. The molecule has 1 saturated carbocycles. The van der Waals surface area contributed by atoms with Crippen molar-refractivity contribution >= 4 is 11.4 Å². The first-order chi connectivity index (χ1) is 17.0. The van der Waals surface area contributed by atoms with Crippen LogP contribution in [0.15, 0.2) is 91.0 Å². The maximum Gasteiger partial charge on any atom is 0.0543 e. The van der Waals surface area contributed by atoms with Gasteiger partial charge in [-0.25, -0.2) is 0 Å². The van der Waals surface area contributed by atoms with Crippen molar-refractivity contribution in [2.45, 2.75) is 57.9 Å². The average Bonchev–Trinajstić information content (AvgIpc) is 3.37. The summed E-state index contributed by atoms with van der Waals surface area (Å²) in [6, 6.07) is 34.3. The van der Waals surface area contributed by atoms with Crippen LogP contribution < -0.4 is 4.90 Å². The summed E-state index contributed by atoms with van der Waals surface area (Å²) in [6.45, 7) is 7.50. The number of benzene rings is 4. The highest BCUT2D eigenvalue weighted by Gasteiger charge is 2.58. The molecule has 4 aromatic carbocycles. The second-order valence-corrected chi connectivity index (χ2v) is 11.6. The van der Waals surface area contributed by atoms with Gasteiger partial charge in [0.1, 0.15) is 0 Å². The topological polar surface area (TPSA) is 3.24 Å². The fourth-order valence-corrected chi connectivity index (χ4v) is 7.45. The smallest absolute Gasteiger partial charge is 0.0543 e. The minimum Gasteiger partial charge on any atom is -0.334 e. The summed E-state index contributed by atoms with van der Waals surface area (Å²) in [6.07, 6.45) is 4.88. The highest BCUT2D eigenvalue weighted by molar-refractivity contribution is 5.83. The third-order valence-electron chi connectivity index (χ3n) is 9.59. The first-order valence-electron chi connectivity index (χ1n) is 13.2. The van der Waals surface area contributed by atoms with E-state index < -0.39 is 0 Å². The molecular weight excluding hydrogens is 422 g/mol. The van der Waals surface area contributed by atoms with Crippen LogP contribution in [0.5, 0.6) is 0 Å². The van der Waals surface area contributed by atoms with Gasteiger partial charge in [-0.1, -0.05) is 87.0 Å². The van der Waals surface area contributed by atoms with E-state index in [1.807, 2.05) is 0 Å². The summed E-state index contributed by atoms with van der Waals surface area (Å²) in [5.74, 6) is 0.542. The van der Waals surface area contributed by atoms with Crippen LogP contribution in [0.3, 0.4) is 0 Å². The third kappa shape index (κ3) is 2.88. The monoisotopic (exact) mass is 455 g/mol. The molecule has 0 aromatic heterocycles. The third-order valence-corrected chi connectivity index (χ3v) is 9.59. The fourth-order valence-electron chi connectivity index (χ4n) is 7.45. The van der Waals surface area contributed by atoms with Crippen LogP contribution in [0, 0.1) is 5.41 Å². The largest absolute Gasteiger partial charge is 0.334 e. The van der Waals surface area contributed by atoms with Crippen molar-refractivity contribution in [2.24, 2.45) is 5.41 Å². The number of nitrogens with zero attached hydrogens (tertiary/aromatic N) is 1. The number of fused-ring (bicyclic) bond motifs is 6. The maximum absolute atomic E-state index is 2.68. The van der Waals surface area contributed by atoms with Crippen LogP contribution in [-0.2, 0) is 6.42 Å². The fraction of sp³-hybridized carbons (Fsp3) is 0.294. The Hall–Kier alpha value is -3.32. The van der Waals surface area contributed by atoms with Crippen molar-refractivity contribution in [3.8, 4) is 22.3 Å². The normalized spacial score (nSPS) is 23.4. The molecule has 4 aromatic rings. The first kappa shape index (κ1) is 21.0. The Morgan fingerprint density at radius 2 is 1.43 bits per heavy atom. The van der Waals surface area contributed by atoms with E-state index in [1.54, 1.807) is 0 Å². The van der Waals surface area contributed by atoms with E-state index in [2.05, 4.69) is 117 Å². The van der Waals surface area contributed by atoms with Crippen molar-refractivity contribution in [2.75, 3.05) is 4.90 Å². The highest BCUT2D eigenvalue weighted by atomic mass is 15.3. The van der Waals surface area contributed by atoms with Gasteiger partial charge >= 0.3 is 0 Å². The second-order valence-electron chi connectivity index (χ2n) is 11.6. The second kappa shape index (κ2) is 7.34. The van der Waals surface area contributed by atoms with E-state index in [0.29, 0.717) is 5.92 Å². The molecule has 0 N–H and O–H groups in total. The van der Waals surface area contributed by atoms with Crippen molar-refractivity contribution in [3.05, 3.63) is 108 Å². The Labute approximate surface area is 209 Å². The Bertz CT molecular complexity index is 1450. The van der Waals surface area contributed by atoms with Gasteiger partial charge in [-0.2, -0.15) is 0 Å². The molecule has 0 spiro atoms. The molecule has 35 heavy (non-hydrogen) atoms. The molecule has 1 aliphatic heterocycles. The molecule has 1 heteroatoms. The quantitative estimate of drug-likeness (QED) is 0.256. The van der Waals surface area contributed by atoms with Gasteiger partial charge in [0, 0.05) is 17.3 Å². The molecule has 3 aliphatic rings. The molecular formula is C34H33N. The lowest BCUT2D eigenvalue weighted by molar-refractivity contribution is 0.101. The Balaban J connectivity index is 1.35. The van der Waals surface area contributed by atoms with Crippen molar-refractivity contribution < 1.29 is 0 Å². The zero-order valence-corrected chi connectivity index (χ0v) is 21.0. The molecule has 1 fully saturated rings. The standard InChI is InChI=1S/C34H33N/c1-33(2)19-9-14-31-30-22-24(16-18-32(30)35(34(31,33)3)27-11-5-4-6-12-27)23-15-17-29-26(20-23)21-25-10-7-8-13-28(25)29/h4-8,10-13,15-18,20,22,31H,9,14,19,21H2,1-3H3. The predicted molar refractivity (Wildman–Crippen MR) is 147 cm³/mol. The van der Waals surface area contributed by atoms with E-state index >= 15 is 0 Å². The molecule has 2 unspecified atom stereocenters. The Kier molecular flexibility index (Phi) is 4.40. The number of anilines is 2. The highest BCUT2D eigenvalue weighted by Crippen LogP contribution is 2.63. The van der Waals surface area contributed by atoms with Crippen molar-refractivity contribution in [3.63, 3.8) is 0 Å². The lowest BCUT2D eigenvalue weighted by Gasteiger charge is -2.55. The number of rotatable bonds is 2. The summed E-state index contributed by atoms with van der Waals surface area (Å²) in [5, 5.41) is 0. The summed E-state index contributed by atoms with van der Waals surface area (Å²) in [7, 11) is 0. The van der Waals surface area contributed by atoms with Gasteiger partial charge in [0.2, 0.25) is 0 Å². The molecule has 0 amide bonds. The zero-order chi connectivity index (χ0) is 23.8. The Morgan fingerprint density at radius 1 is 0.714 bits per heavy atom. The molecule has 2 atom stereocenters. The summed E-state index contributed by atoms with van der Waals surface area (Å²) < 4.78 is 0. The predicted octanol–water partition coefficient (Wildman–Crippen LogP) is 9.13. The molecule has 174 valence electrons. The number of hydrogen-bond acceptors (Lipinski definition) is 1. The minimum atomic E-state index is 0.0626. The van der Waals surface area contributed by atoms with Crippen LogP contribution in [0.2, 0.25) is 0 Å². The van der Waals surface area contributed by atoms with Gasteiger partial charge in [-0.3, -0.25) is 0 Å². The minimum absolute atomic E-state index is 0.0626. The molecule has 1 heterocycles. The van der Waals surface area contributed by atoms with Crippen LogP contribution in [0.4, 0.5) is 11.4 Å². The van der Waals surface area contributed by atoms with E-state index in [1.165, 1.54) is 69.6 Å². The molecule has 1 nitrogen and oxygen atoms in total. The summed E-state index contributed by atoms with van der Waals surface area (Å²) in [4.78, 5) is 2.68. The summed E-state index contributed by atoms with van der Waals surface area (Å²) >= 11 is 0. The van der Waals surface area contributed by atoms with Crippen molar-refractivity contribution in [1.82, 2.24) is 0 Å². The van der Waals surface area contributed by atoms with Gasteiger partial charge < -0.3 is 4.90 Å². The van der Waals surface area contributed by atoms with Gasteiger partial charge in [-0.05, 0) is 94.8 Å². The van der Waals surface area contributed by atoms with Crippen molar-refractivity contribution in [1.29, 1.82) is 0 Å². The maximum atomic E-state index is 2.68. The van der Waals surface area contributed by atoms with Crippen LogP contribution in [0.1, 0.15) is 62.6 Å². The van der Waals surface area contributed by atoms with E-state index in [0.717, 1.165) is 6.42 Å². The first-order valence-corrected chi connectivity index (χ1v) is 13.2. The van der Waals surface area contributed by atoms with Crippen LogP contribution in [0.25, 0.3) is 22.3 Å². The lowest BCUT2D eigenvalue weighted by Crippen LogP contribution is -2.56. The number of hydrogen-bond donors (Lipinski definition) is 0. The molecule has 0 saturated heterocycles. The number of para-hydroxylation sites is 1. The average molecular weight is 456 g/mol. The molecule has 7 rings (SSSR count). The Morgan fingerprint density at radius 3 is 2.29 bits per heavy atom. The van der Waals surface area contributed by atoms with Crippen LogP contribution >= 0.6 is 0 Å². The van der Waals surface area contributed by atoms with E-state index in [4.69, 9.17) is 0 Å². The molecule has 2 aliphatic carbocycles. The SMILES string of the molecule is CC1(C)CCCC2c3cc(-c4ccc5c(c4)Cc4ccccc4-5)ccc3N(c3ccccc3)C21C. The van der Waals surface area contributed by atoms with Gasteiger partial charge in [0.25, 0.3) is 0 Å².